The van der Waals surface area contributed by atoms with E-state index in [-0.39, 0.29) is 18.5 Å². The van der Waals surface area contributed by atoms with Crippen LogP contribution in [0.5, 0.6) is 11.5 Å². The Balaban J connectivity index is 1.33. The van der Waals surface area contributed by atoms with Gasteiger partial charge in [-0.3, -0.25) is 9.59 Å². The van der Waals surface area contributed by atoms with Gasteiger partial charge in [0, 0.05) is 15.6 Å². The standard InChI is InChI=1S/C27H19BrN2O4S/c28-19-9-6-17(7-10-19)23(31)24-22(16-4-2-1-3-5-16)29-26(35-24)30-25(32)27(12-13-27)18-8-11-20-21(14-18)34-15-33-20/h1-11,14H,12-13,15H2,(H,29,30,32). The fourth-order valence-electron chi connectivity index (χ4n) is 4.23. The lowest BCUT2D eigenvalue weighted by atomic mass is 9.94. The minimum absolute atomic E-state index is 0.132. The van der Waals surface area contributed by atoms with Crippen LogP contribution in [-0.2, 0) is 10.2 Å². The van der Waals surface area contributed by atoms with Gasteiger partial charge in [0.2, 0.25) is 18.5 Å². The van der Waals surface area contributed by atoms with E-state index >= 15 is 0 Å². The van der Waals surface area contributed by atoms with Gasteiger partial charge >= 0.3 is 0 Å². The molecule has 174 valence electrons. The number of thiazole rings is 1. The number of carbonyl (C=O) groups excluding carboxylic acids is 2. The number of hydrogen-bond donors (Lipinski definition) is 1. The van der Waals surface area contributed by atoms with Crippen LogP contribution < -0.4 is 14.8 Å². The molecule has 0 atom stereocenters. The van der Waals surface area contributed by atoms with E-state index in [2.05, 4.69) is 26.2 Å². The lowest BCUT2D eigenvalue weighted by Gasteiger charge is -2.15. The number of ether oxygens (including phenoxy) is 2. The average molecular weight is 547 g/mol. The zero-order valence-electron chi connectivity index (χ0n) is 18.4. The van der Waals surface area contributed by atoms with Crippen molar-refractivity contribution < 1.29 is 19.1 Å². The first-order valence-electron chi connectivity index (χ1n) is 11.1. The van der Waals surface area contributed by atoms with Gasteiger partial charge < -0.3 is 14.8 Å². The summed E-state index contributed by atoms with van der Waals surface area (Å²) in [5.74, 6) is 1.08. The highest BCUT2D eigenvalue weighted by molar-refractivity contribution is 9.10. The normalized spacial score (nSPS) is 15.0. The number of carbonyl (C=O) groups is 2. The zero-order valence-corrected chi connectivity index (χ0v) is 20.8. The Kier molecular flexibility index (Phi) is 5.42. The number of aromatic nitrogens is 1. The van der Waals surface area contributed by atoms with E-state index in [1.807, 2.05) is 60.7 Å². The molecule has 0 saturated heterocycles. The number of hydrogen-bond acceptors (Lipinski definition) is 6. The maximum Gasteiger partial charge on any atom is 0.236 e. The molecule has 8 heteroatoms. The number of nitrogens with one attached hydrogen (secondary N) is 1. The molecule has 3 aromatic carbocycles. The molecule has 2 heterocycles. The van der Waals surface area contributed by atoms with Gasteiger partial charge in [-0.15, -0.1) is 0 Å². The molecule has 6 nitrogen and oxygen atoms in total. The average Bonchev–Trinajstić information content (AvgIpc) is 3.38. The molecule has 1 aliphatic carbocycles. The van der Waals surface area contributed by atoms with E-state index in [1.165, 1.54) is 11.3 Å². The van der Waals surface area contributed by atoms with Crippen LogP contribution in [0.15, 0.2) is 77.3 Å². The Morgan fingerprint density at radius 3 is 2.43 bits per heavy atom. The lowest BCUT2D eigenvalue weighted by molar-refractivity contribution is -0.118. The molecular formula is C27H19BrN2O4S. The summed E-state index contributed by atoms with van der Waals surface area (Å²) in [6.07, 6.45) is 1.47. The van der Waals surface area contributed by atoms with E-state index in [9.17, 15) is 9.59 Å². The second-order valence-electron chi connectivity index (χ2n) is 8.50. The maximum absolute atomic E-state index is 13.4. The summed E-state index contributed by atoms with van der Waals surface area (Å²) in [6, 6.07) is 22.4. The number of anilines is 1. The summed E-state index contributed by atoms with van der Waals surface area (Å²) in [5.41, 5.74) is 2.21. The van der Waals surface area contributed by atoms with Gasteiger partial charge in [-0.1, -0.05) is 63.7 Å². The fraction of sp³-hybridized carbons (Fsp3) is 0.148. The molecule has 1 N–H and O–H groups in total. The first-order chi connectivity index (χ1) is 17.0. The van der Waals surface area contributed by atoms with E-state index in [0.717, 1.165) is 28.4 Å². The third-order valence-corrected chi connectivity index (χ3v) is 7.82. The minimum Gasteiger partial charge on any atom is -0.454 e. The third-order valence-electron chi connectivity index (χ3n) is 6.32. The van der Waals surface area contributed by atoms with Crippen molar-refractivity contribution in [2.24, 2.45) is 0 Å². The monoisotopic (exact) mass is 546 g/mol. The van der Waals surface area contributed by atoms with Crippen LogP contribution in [0.1, 0.15) is 33.6 Å². The van der Waals surface area contributed by atoms with Crippen molar-refractivity contribution in [2.45, 2.75) is 18.3 Å². The first-order valence-corrected chi connectivity index (χ1v) is 12.7. The minimum atomic E-state index is -0.630. The number of nitrogens with zero attached hydrogens (tertiary/aromatic N) is 1. The molecule has 0 bridgehead atoms. The van der Waals surface area contributed by atoms with Crippen molar-refractivity contribution in [3.05, 3.63) is 93.3 Å². The molecular weight excluding hydrogens is 528 g/mol. The predicted molar refractivity (Wildman–Crippen MR) is 137 cm³/mol. The number of fused-ring (bicyclic) bond motifs is 1. The van der Waals surface area contributed by atoms with Gasteiger partial charge in [0.15, 0.2) is 16.6 Å². The summed E-state index contributed by atoms with van der Waals surface area (Å²) in [5, 5.41) is 3.40. The van der Waals surface area contributed by atoms with Crippen LogP contribution in [0.2, 0.25) is 0 Å². The Morgan fingerprint density at radius 2 is 1.69 bits per heavy atom. The van der Waals surface area contributed by atoms with Crippen molar-refractivity contribution in [3.63, 3.8) is 0 Å². The Labute approximate surface area is 214 Å². The Morgan fingerprint density at radius 1 is 0.943 bits per heavy atom. The van der Waals surface area contributed by atoms with E-state index < -0.39 is 5.41 Å². The SMILES string of the molecule is O=C(c1ccc(Br)cc1)c1sc(NC(=O)C2(c3ccc4c(c3)OCO4)CC2)nc1-c1ccccc1. The third kappa shape index (κ3) is 4.02. The van der Waals surface area contributed by atoms with E-state index in [0.29, 0.717) is 32.8 Å². The first kappa shape index (κ1) is 22.0. The number of benzene rings is 3. The summed E-state index contributed by atoms with van der Waals surface area (Å²) < 4.78 is 11.8. The van der Waals surface area contributed by atoms with Gasteiger partial charge in [-0.2, -0.15) is 0 Å². The molecule has 35 heavy (non-hydrogen) atoms. The van der Waals surface area contributed by atoms with Gasteiger partial charge in [0.1, 0.15) is 4.88 Å². The maximum atomic E-state index is 13.4. The lowest BCUT2D eigenvalue weighted by Crippen LogP contribution is -2.27. The zero-order chi connectivity index (χ0) is 24.0. The van der Waals surface area contributed by atoms with Gasteiger partial charge in [0.05, 0.1) is 11.1 Å². The number of rotatable bonds is 6. The largest absolute Gasteiger partial charge is 0.454 e. The smallest absolute Gasteiger partial charge is 0.236 e. The quantitative estimate of drug-likeness (QED) is 0.291. The molecule has 1 aromatic heterocycles. The summed E-state index contributed by atoms with van der Waals surface area (Å²) >= 11 is 4.61. The van der Waals surface area contributed by atoms with Crippen LogP contribution in [0.4, 0.5) is 5.13 Å². The van der Waals surface area contributed by atoms with Crippen molar-refractivity contribution in [3.8, 4) is 22.8 Å². The van der Waals surface area contributed by atoms with Crippen molar-refractivity contribution in [2.75, 3.05) is 12.1 Å². The Bertz CT molecular complexity index is 1450. The topological polar surface area (TPSA) is 77.5 Å². The van der Waals surface area contributed by atoms with Crippen molar-refractivity contribution in [1.29, 1.82) is 0 Å². The van der Waals surface area contributed by atoms with Gasteiger partial charge in [0.25, 0.3) is 0 Å². The van der Waals surface area contributed by atoms with Crippen molar-refractivity contribution >= 4 is 44.1 Å². The molecule has 1 saturated carbocycles. The summed E-state index contributed by atoms with van der Waals surface area (Å²) in [7, 11) is 0. The van der Waals surface area contributed by atoms with E-state index in [4.69, 9.17) is 9.47 Å². The van der Waals surface area contributed by atoms with Crippen LogP contribution in [0, 0.1) is 0 Å². The van der Waals surface area contributed by atoms with Crippen LogP contribution in [0.25, 0.3) is 11.3 Å². The molecule has 1 amide bonds. The van der Waals surface area contributed by atoms with E-state index in [1.54, 1.807) is 12.1 Å². The number of halogens is 1. The highest BCUT2D eigenvalue weighted by atomic mass is 79.9. The highest BCUT2D eigenvalue weighted by Crippen LogP contribution is 2.51. The second kappa shape index (κ2) is 8.62. The number of amides is 1. The van der Waals surface area contributed by atoms with Gasteiger partial charge in [-0.25, -0.2) is 4.98 Å². The second-order valence-corrected chi connectivity index (χ2v) is 10.4. The molecule has 4 aromatic rings. The van der Waals surface area contributed by atoms with Crippen LogP contribution >= 0.6 is 27.3 Å². The predicted octanol–water partition coefficient (Wildman–Crippen LogP) is 6.20. The van der Waals surface area contributed by atoms with Crippen molar-refractivity contribution in [1.82, 2.24) is 4.98 Å². The molecule has 0 unspecified atom stereocenters. The van der Waals surface area contributed by atoms with Crippen LogP contribution in [-0.4, -0.2) is 23.5 Å². The molecule has 2 aliphatic rings. The summed E-state index contributed by atoms with van der Waals surface area (Å²) in [4.78, 5) is 32.0. The number of ketones is 1. The molecule has 1 aliphatic heterocycles. The Hall–Kier alpha value is -3.49. The fourth-order valence-corrected chi connectivity index (χ4v) is 5.44. The van der Waals surface area contributed by atoms with Crippen LogP contribution in [0.3, 0.4) is 0 Å². The molecule has 0 radical (unpaired) electrons. The molecule has 6 rings (SSSR count). The summed E-state index contributed by atoms with van der Waals surface area (Å²) in [6.45, 7) is 0.189. The molecule has 1 fully saturated rings. The highest BCUT2D eigenvalue weighted by Gasteiger charge is 2.52. The van der Waals surface area contributed by atoms with Gasteiger partial charge in [-0.05, 0) is 54.8 Å². The molecule has 0 spiro atoms.